The van der Waals surface area contributed by atoms with Gasteiger partial charge in [-0.15, -0.1) is 11.8 Å². The van der Waals surface area contributed by atoms with E-state index in [0.29, 0.717) is 19.0 Å². The van der Waals surface area contributed by atoms with Crippen LogP contribution in [0.15, 0.2) is 47.4 Å². The summed E-state index contributed by atoms with van der Waals surface area (Å²) >= 11 is 1.87. The maximum Gasteiger partial charge on any atom is 0.407 e. The van der Waals surface area contributed by atoms with Crippen molar-refractivity contribution in [1.29, 1.82) is 0 Å². The Bertz CT molecular complexity index is 1160. The Morgan fingerprint density at radius 1 is 1.21 bits per heavy atom. The molecule has 0 unspecified atom stereocenters. The lowest BCUT2D eigenvalue weighted by atomic mass is 10.1. The zero-order valence-electron chi connectivity index (χ0n) is 19.6. The van der Waals surface area contributed by atoms with Crippen molar-refractivity contribution in [3.63, 3.8) is 0 Å². The summed E-state index contributed by atoms with van der Waals surface area (Å²) in [6, 6.07) is 14.6. The Morgan fingerprint density at radius 2 is 2.00 bits per heavy atom. The lowest BCUT2D eigenvalue weighted by Gasteiger charge is -2.33. The first-order valence-electron chi connectivity index (χ1n) is 11.2. The molecule has 2 N–H and O–H groups in total. The zero-order chi connectivity index (χ0) is 23.6. The van der Waals surface area contributed by atoms with Gasteiger partial charge in [-0.2, -0.15) is 4.98 Å². The number of aromatic nitrogens is 2. The van der Waals surface area contributed by atoms with Crippen molar-refractivity contribution >= 4 is 40.5 Å². The molecule has 0 aliphatic carbocycles. The first kappa shape index (κ1) is 23.2. The second kappa shape index (κ2) is 9.47. The minimum Gasteiger partial charge on any atom is -0.465 e. The van der Waals surface area contributed by atoms with E-state index in [4.69, 9.17) is 9.97 Å². The molecule has 0 fully saturated rings. The van der Waals surface area contributed by atoms with Crippen LogP contribution in [0.3, 0.4) is 0 Å². The van der Waals surface area contributed by atoms with Crippen LogP contribution in [0, 0.1) is 6.92 Å². The van der Waals surface area contributed by atoms with E-state index >= 15 is 0 Å². The number of aryl methyl sites for hydroxylation is 1. The van der Waals surface area contributed by atoms with Crippen LogP contribution in [-0.4, -0.2) is 57.0 Å². The third-order valence-electron chi connectivity index (χ3n) is 5.74. The highest BCUT2D eigenvalue weighted by molar-refractivity contribution is 7.99. The molecule has 7 nitrogen and oxygen atoms in total. The second-order valence-electron chi connectivity index (χ2n) is 9.30. The van der Waals surface area contributed by atoms with Gasteiger partial charge in [-0.1, -0.05) is 29.8 Å². The lowest BCUT2D eigenvalue weighted by Crippen LogP contribution is -2.47. The van der Waals surface area contributed by atoms with Gasteiger partial charge in [-0.05, 0) is 51.5 Å². The van der Waals surface area contributed by atoms with Crippen LogP contribution in [0.1, 0.15) is 31.9 Å². The van der Waals surface area contributed by atoms with Crippen LogP contribution in [0.4, 0.5) is 16.6 Å². The number of hydrogen-bond donors (Lipinski definition) is 2. The van der Waals surface area contributed by atoms with E-state index in [0.717, 1.165) is 41.1 Å². The molecule has 1 amide bonds. The summed E-state index contributed by atoms with van der Waals surface area (Å²) in [7, 11) is 0. The highest BCUT2D eigenvalue weighted by atomic mass is 32.2. The van der Waals surface area contributed by atoms with Crippen molar-refractivity contribution in [2.24, 2.45) is 0 Å². The molecule has 1 aliphatic rings. The first-order chi connectivity index (χ1) is 15.7. The molecule has 33 heavy (non-hydrogen) atoms. The molecule has 0 saturated heterocycles. The smallest absolute Gasteiger partial charge is 0.407 e. The molecule has 174 valence electrons. The largest absolute Gasteiger partial charge is 0.465 e. The summed E-state index contributed by atoms with van der Waals surface area (Å²) in [6.45, 7) is 10.2. The molecule has 1 aromatic heterocycles. The Kier molecular flexibility index (Phi) is 6.65. The van der Waals surface area contributed by atoms with Crippen molar-refractivity contribution in [3.05, 3.63) is 53.6 Å². The quantitative estimate of drug-likeness (QED) is 0.533. The molecule has 0 radical (unpaired) electrons. The summed E-state index contributed by atoms with van der Waals surface area (Å²) in [5, 5.41) is 13.9. The topological polar surface area (TPSA) is 81.6 Å². The predicted molar refractivity (Wildman–Crippen MR) is 135 cm³/mol. The van der Waals surface area contributed by atoms with Gasteiger partial charge in [0.15, 0.2) is 0 Å². The molecular formula is C25H31N5O2S. The first-order valence-corrected chi connectivity index (χ1v) is 12.2. The summed E-state index contributed by atoms with van der Waals surface area (Å²) in [4.78, 5) is 26.5. The summed E-state index contributed by atoms with van der Waals surface area (Å²) in [5.41, 5.74) is 2.82. The Labute approximate surface area is 199 Å². The van der Waals surface area contributed by atoms with E-state index in [9.17, 15) is 9.90 Å². The van der Waals surface area contributed by atoms with Crippen molar-refractivity contribution in [1.82, 2.24) is 14.9 Å². The van der Waals surface area contributed by atoms with E-state index in [1.165, 1.54) is 15.4 Å². The van der Waals surface area contributed by atoms with Crippen LogP contribution in [-0.2, 0) is 6.54 Å². The third kappa shape index (κ3) is 5.33. The number of rotatable bonds is 5. The van der Waals surface area contributed by atoms with E-state index in [1.807, 2.05) is 45.5 Å². The number of thioether (sulfide) groups is 1. The Hall–Kier alpha value is -3.00. The number of benzene rings is 2. The minimum atomic E-state index is -0.922. The highest BCUT2D eigenvalue weighted by Gasteiger charge is 2.25. The molecule has 3 aromatic rings. The number of carboxylic acid groups (broad SMARTS) is 1. The molecule has 1 aliphatic heterocycles. The molecule has 2 aromatic carbocycles. The average Bonchev–Trinajstić information content (AvgIpc) is 2.98. The Morgan fingerprint density at radius 3 is 2.76 bits per heavy atom. The van der Waals surface area contributed by atoms with Gasteiger partial charge in [0, 0.05) is 47.8 Å². The minimum absolute atomic E-state index is 0.360. The Balaban J connectivity index is 1.63. The molecule has 4 rings (SSSR count). The number of carbonyl (C=O) groups is 1. The van der Waals surface area contributed by atoms with Gasteiger partial charge in [0.25, 0.3) is 0 Å². The second-order valence-corrected chi connectivity index (χ2v) is 10.4. The van der Waals surface area contributed by atoms with Gasteiger partial charge in [0.2, 0.25) is 5.95 Å². The lowest BCUT2D eigenvalue weighted by molar-refractivity contribution is 0.103. The van der Waals surface area contributed by atoms with Gasteiger partial charge >= 0.3 is 6.09 Å². The van der Waals surface area contributed by atoms with Gasteiger partial charge < -0.3 is 20.2 Å². The monoisotopic (exact) mass is 465 g/mol. The van der Waals surface area contributed by atoms with E-state index in [-0.39, 0.29) is 0 Å². The number of nitrogens with zero attached hydrogens (tertiary/aromatic N) is 4. The SMILES string of the molecule is Cc1ccc2nc(N3CCSc4ccccc4C3)nc(NCCN(C(=O)O)C(C)(C)C)c2c1. The number of amides is 1. The van der Waals surface area contributed by atoms with Crippen molar-refractivity contribution < 1.29 is 9.90 Å². The fourth-order valence-electron chi connectivity index (χ4n) is 4.01. The number of fused-ring (bicyclic) bond motifs is 2. The van der Waals surface area contributed by atoms with E-state index in [2.05, 4.69) is 46.6 Å². The fraction of sp³-hybridized carbons (Fsp3) is 0.400. The molecule has 8 heteroatoms. The normalized spacial score (nSPS) is 14.0. The molecule has 0 spiro atoms. The van der Waals surface area contributed by atoms with E-state index < -0.39 is 11.6 Å². The molecule has 0 bridgehead atoms. The molecule has 0 atom stereocenters. The van der Waals surface area contributed by atoms with Crippen LogP contribution in [0.5, 0.6) is 0 Å². The van der Waals surface area contributed by atoms with Crippen LogP contribution >= 0.6 is 11.8 Å². The van der Waals surface area contributed by atoms with E-state index in [1.54, 1.807) is 0 Å². The summed E-state index contributed by atoms with van der Waals surface area (Å²) < 4.78 is 0. The van der Waals surface area contributed by atoms with Gasteiger partial charge in [-0.25, -0.2) is 9.78 Å². The summed E-state index contributed by atoms with van der Waals surface area (Å²) in [6.07, 6.45) is -0.922. The third-order valence-corrected chi connectivity index (χ3v) is 6.84. The number of nitrogens with one attached hydrogen (secondary N) is 1. The van der Waals surface area contributed by atoms with Crippen LogP contribution < -0.4 is 10.2 Å². The van der Waals surface area contributed by atoms with Crippen molar-refractivity contribution in [2.75, 3.05) is 35.6 Å². The van der Waals surface area contributed by atoms with Crippen molar-refractivity contribution in [2.45, 2.75) is 44.7 Å². The average molecular weight is 466 g/mol. The fourth-order valence-corrected chi connectivity index (χ4v) is 5.03. The van der Waals surface area contributed by atoms with Crippen molar-refractivity contribution in [3.8, 4) is 0 Å². The number of hydrogen-bond acceptors (Lipinski definition) is 6. The molecule has 2 heterocycles. The number of anilines is 2. The maximum absolute atomic E-state index is 11.7. The highest BCUT2D eigenvalue weighted by Crippen LogP contribution is 2.31. The van der Waals surface area contributed by atoms with Crippen LogP contribution in [0.25, 0.3) is 10.9 Å². The summed E-state index contributed by atoms with van der Waals surface area (Å²) in [5.74, 6) is 2.40. The molecule has 0 saturated carbocycles. The van der Waals surface area contributed by atoms with Gasteiger partial charge in [-0.3, -0.25) is 0 Å². The zero-order valence-corrected chi connectivity index (χ0v) is 20.4. The predicted octanol–water partition coefficient (Wildman–Crippen LogP) is 5.24. The van der Waals surface area contributed by atoms with Gasteiger partial charge in [0.1, 0.15) is 5.82 Å². The van der Waals surface area contributed by atoms with Crippen LogP contribution in [0.2, 0.25) is 0 Å². The maximum atomic E-state index is 11.7. The van der Waals surface area contributed by atoms with Gasteiger partial charge in [0.05, 0.1) is 5.52 Å². The standard InChI is InChI=1S/C25H31N5O2S/c1-17-9-10-20-19(15-17)22(26-11-12-30(24(31)32)25(2,3)4)28-23(27-20)29-13-14-33-21-8-6-5-7-18(21)16-29/h5-10,15H,11-14,16H2,1-4H3,(H,31,32)(H,26,27,28). The molecular weight excluding hydrogens is 434 g/mol.